The van der Waals surface area contributed by atoms with E-state index < -0.39 is 0 Å². The van der Waals surface area contributed by atoms with E-state index in [2.05, 4.69) is 10.4 Å². The minimum atomic E-state index is -0.0158. The van der Waals surface area contributed by atoms with E-state index >= 15 is 0 Å². The van der Waals surface area contributed by atoms with Gasteiger partial charge in [-0.15, -0.1) is 0 Å². The van der Waals surface area contributed by atoms with E-state index in [0.717, 1.165) is 28.3 Å². The van der Waals surface area contributed by atoms with Gasteiger partial charge in [-0.2, -0.15) is 5.10 Å². The van der Waals surface area contributed by atoms with Crippen LogP contribution in [0, 0.1) is 13.8 Å². The maximum atomic E-state index is 11.4. The summed E-state index contributed by atoms with van der Waals surface area (Å²) in [5, 5.41) is 7.81. The van der Waals surface area contributed by atoms with Crippen molar-refractivity contribution in [2.45, 2.75) is 20.3 Å². The Balaban J connectivity index is 2.19. The van der Waals surface area contributed by atoms with Crippen LogP contribution in [0.2, 0.25) is 5.02 Å². The molecule has 2 aromatic rings. The molecule has 0 saturated carbocycles. The van der Waals surface area contributed by atoms with Gasteiger partial charge in [-0.05, 0) is 31.5 Å². The summed E-state index contributed by atoms with van der Waals surface area (Å²) < 4.78 is 1.71. The molecule has 1 aliphatic rings. The number of nitrogens with two attached hydrogens (primary N) is 1. The smallest absolute Gasteiger partial charge is 0.228 e. The number of aromatic nitrogens is 2. The normalized spacial score (nSPS) is 13.5. The zero-order valence-electron chi connectivity index (χ0n) is 10.6. The molecule has 2 heterocycles. The lowest BCUT2D eigenvalue weighted by molar-refractivity contribution is -0.115. The summed E-state index contributed by atoms with van der Waals surface area (Å²) in [7, 11) is 0. The van der Waals surface area contributed by atoms with Gasteiger partial charge in [-0.25, -0.2) is 4.68 Å². The monoisotopic (exact) mass is 276 g/mol. The van der Waals surface area contributed by atoms with Gasteiger partial charge >= 0.3 is 0 Å². The van der Waals surface area contributed by atoms with Gasteiger partial charge in [-0.1, -0.05) is 11.6 Å². The summed E-state index contributed by atoms with van der Waals surface area (Å²) in [5.74, 6) is -0.0158. The van der Waals surface area contributed by atoms with Crippen LogP contribution in [-0.4, -0.2) is 15.7 Å². The van der Waals surface area contributed by atoms with Gasteiger partial charge in [0.05, 0.1) is 34.2 Å². The Labute approximate surface area is 115 Å². The lowest BCUT2D eigenvalue weighted by Gasteiger charge is -2.10. The topological polar surface area (TPSA) is 72.9 Å². The van der Waals surface area contributed by atoms with Gasteiger partial charge in [-0.3, -0.25) is 4.79 Å². The Morgan fingerprint density at radius 2 is 2.16 bits per heavy atom. The highest BCUT2D eigenvalue weighted by atomic mass is 35.5. The molecule has 0 unspecified atom stereocenters. The van der Waals surface area contributed by atoms with Gasteiger partial charge < -0.3 is 11.1 Å². The molecule has 1 aliphatic heterocycles. The number of nitrogen functional groups attached to an aromatic ring is 1. The highest BCUT2D eigenvalue weighted by Crippen LogP contribution is 2.32. The third-order valence-corrected chi connectivity index (χ3v) is 3.86. The van der Waals surface area contributed by atoms with E-state index in [1.165, 1.54) is 0 Å². The highest BCUT2D eigenvalue weighted by molar-refractivity contribution is 6.31. The highest BCUT2D eigenvalue weighted by Gasteiger charge is 2.21. The van der Waals surface area contributed by atoms with E-state index in [1.807, 2.05) is 26.0 Å². The minimum Gasteiger partial charge on any atom is -0.397 e. The van der Waals surface area contributed by atoms with E-state index in [9.17, 15) is 4.79 Å². The zero-order valence-corrected chi connectivity index (χ0v) is 11.4. The fourth-order valence-electron chi connectivity index (χ4n) is 2.32. The first-order valence-electron chi connectivity index (χ1n) is 5.91. The number of fused-ring (bicyclic) bond motifs is 1. The molecule has 3 rings (SSSR count). The lowest BCUT2D eigenvalue weighted by atomic mass is 10.1. The van der Waals surface area contributed by atoms with Gasteiger partial charge in [0, 0.05) is 5.69 Å². The standard InChI is InChI=1S/C13H13ClN4O/c1-6-13(14)7(2)18(17-6)11-5-10-8(3-9(11)15)4-12(19)16-10/h3,5H,4,15H2,1-2H3,(H,16,19). The predicted octanol–water partition coefficient (Wildman–Crippen LogP) is 2.22. The Morgan fingerprint density at radius 1 is 1.42 bits per heavy atom. The molecule has 0 bridgehead atoms. The maximum Gasteiger partial charge on any atom is 0.228 e. The largest absolute Gasteiger partial charge is 0.397 e. The van der Waals surface area contributed by atoms with Gasteiger partial charge in [0.15, 0.2) is 0 Å². The number of benzene rings is 1. The number of aryl methyl sites for hydroxylation is 1. The zero-order chi connectivity index (χ0) is 13.7. The Bertz CT molecular complexity index is 705. The van der Waals surface area contributed by atoms with Crippen LogP contribution in [0.4, 0.5) is 11.4 Å². The fourth-order valence-corrected chi connectivity index (χ4v) is 2.44. The number of hydrogen-bond donors (Lipinski definition) is 2. The summed E-state index contributed by atoms with van der Waals surface area (Å²) in [4.78, 5) is 11.4. The number of carbonyl (C=O) groups excluding carboxylic acids is 1. The van der Waals surface area contributed by atoms with Crippen molar-refractivity contribution in [2.24, 2.45) is 0 Å². The molecule has 0 saturated heterocycles. The van der Waals surface area contributed by atoms with Crippen LogP contribution in [0.1, 0.15) is 17.0 Å². The average Bonchev–Trinajstić information content (AvgIpc) is 2.82. The molecule has 1 aromatic carbocycles. The van der Waals surface area contributed by atoms with Crippen LogP contribution >= 0.6 is 11.6 Å². The number of halogens is 1. The van der Waals surface area contributed by atoms with Crippen LogP contribution in [0.15, 0.2) is 12.1 Å². The summed E-state index contributed by atoms with van der Waals surface area (Å²) in [6.45, 7) is 3.73. The molecule has 0 aliphatic carbocycles. The number of nitrogens with zero attached hydrogens (tertiary/aromatic N) is 2. The molecule has 3 N–H and O–H groups in total. The quantitative estimate of drug-likeness (QED) is 0.785. The fraction of sp³-hybridized carbons (Fsp3) is 0.231. The third-order valence-electron chi connectivity index (χ3n) is 3.31. The van der Waals surface area contributed by atoms with Crippen LogP contribution in [0.25, 0.3) is 5.69 Å². The van der Waals surface area contributed by atoms with Crippen molar-refractivity contribution >= 4 is 28.9 Å². The van der Waals surface area contributed by atoms with E-state index in [0.29, 0.717) is 17.1 Å². The first-order valence-corrected chi connectivity index (χ1v) is 6.29. The van der Waals surface area contributed by atoms with Crippen LogP contribution in [0.3, 0.4) is 0 Å². The number of amides is 1. The maximum absolute atomic E-state index is 11.4. The Hall–Kier alpha value is -2.01. The van der Waals surface area contributed by atoms with Crippen molar-refractivity contribution in [1.29, 1.82) is 0 Å². The summed E-state index contributed by atoms with van der Waals surface area (Å²) in [6.07, 6.45) is 0.373. The molecule has 6 heteroatoms. The van der Waals surface area contributed by atoms with Crippen molar-refractivity contribution in [3.63, 3.8) is 0 Å². The van der Waals surface area contributed by atoms with Crippen molar-refractivity contribution < 1.29 is 4.79 Å². The number of anilines is 2. The molecule has 0 radical (unpaired) electrons. The summed E-state index contributed by atoms with van der Waals surface area (Å²) in [6, 6.07) is 3.65. The van der Waals surface area contributed by atoms with Gasteiger partial charge in [0.25, 0.3) is 0 Å². The third kappa shape index (κ3) is 1.77. The number of carbonyl (C=O) groups is 1. The molecule has 0 fully saturated rings. The molecule has 5 nitrogen and oxygen atoms in total. The average molecular weight is 277 g/mol. The number of nitrogens with one attached hydrogen (secondary N) is 1. The minimum absolute atomic E-state index is 0.0158. The van der Waals surface area contributed by atoms with Crippen molar-refractivity contribution in [3.8, 4) is 5.69 Å². The van der Waals surface area contributed by atoms with Crippen molar-refractivity contribution in [2.75, 3.05) is 11.1 Å². The van der Waals surface area contributed by atoms with Crippen molar-refractivity contribution in [3.05, 3.63) is 34.1 Å². The SMILES string of the molecule is Cc1nn(-c2cc3c(cc2N)CC(=O)N3)c(C)c1Cl. The summed E-state index contributed by atoms with van der Waals surface area (Å²) >= 11 is 6.15. The van der Waals surface area contributed by atoms with Crippen LogP contribution in [-0.2, 0) is 11.2 Å². The van der Waals surface area contributed by atoms with Gasteiger partial charge in [0.1, 0.15) is 0 Å². The van der Waals surface area contributed by atoms with E-state index in [-0.39, 0.29) is 5.91 Å². The molecule has 1 amide bonds. The van der Waals surface area contributed by atoms with E-state index in [4.69, 9.17) is 17.3 Å². The second-order valence-corrected chi connectivity index (χ2v) is 5.07. The Morgan fingerprint density at radius 3 is 2.79 bits per heavy atom. The molecule has 0 atom stereocenters. The second-order valence-electron chi connectivity index (χ2n) is 4.69. The molecule has 1 aromatic heterocycles. The van der Waals surface area contributed by atoms with Crippen LogP contribution in [0.5, 0.6) is 0 Å². The molecule has 0 spiro atoms. The number of rotatable bonds is 1. The molecular weight excluding hydrogens is 264 g/mol. The van der Waals surface area contributed by atoms with Crippen molar-refractivity contribution in [1.82, 2.24) is 9.78 Å². The molecule has 19 heavy (non-hydrogen) atoms. The first-order chi connectivity index (χ1) is 8.97. The predicted molar refractivity (Wildman–Crippen MR) is 74.8 cm³/mol. The second kappa shape index (κ2) is 3.99. The molecule has 98 valence electrons. The summed E-state index contributed by atoms with van der Waals surface area (Å²) in [5.41, 5.74) is 10.7. The van der Waals surface area contributed by atoms with Gasteiger partial charge in [0.2, 0.25) is 5.91 Å². The Kier molecular flexibility index (Phi) is 2.53. The van der Waals surface area contributed by atoms with Crippen LogP contribution < -0.4 is 11.1 Å². The number of hydrogen-bond acceptors (Lipinski definition) is 3. The molecular formula is C13H13ClN4O. The first kappa shape index (κ1) is 12.0. The van der Waals surface area contributed by atoms with E-state index in [1.54, 1.807) is 4.68 Å². The lowest BCUT2D eigenvalue weighted by Crippen LogP contribution is -2.05.